The van der Waals surface area contributed by atoms with Gasteiger partial charge in [-0.1, -0.05) is 17.7 Å². The van der Waals surface area contributed by atoms with E-state index in [0.717, 1.165) is 16.0 Å². The number of hydrogen-bond acceptors (Lipinski definition) is 4. The highest BCUT2D eigenvalue weighted by Crippen LogP contribution is 2.37. The molecule has 1 amide bonds. The Kier molecular flexibility index (Phi) is 5.49. The van der Waals surface area contributed by atoms with Gasteiger partial charge in [-0.05, 0) is 37.6 Å². The number of aryl methyl sites for hydroxylation is 2. The summed E-state index contributed by atoms with van der Waals surface area (Å²) in [5, 5.41) is 10.8. The Morgan fingerprint density at radius 1 is 1.22 bits per heavy atom. The van der Waals surface area contributed by atoms with Gasteiger partial charge in [0.25, 0.3) is 5.91 Å². The summed E-state index contributed by atoms with van der Waals surface area (Å²) in [5.74, 6) is -1.00. The number of carbonyl (C=O) groups is 1. The Labute approximate surface area is 188 Å². The van der Waals surface area contributed by atoms with Gasteiger partial charge in [-0.15, -0.1) is 11.3 Å². The van der Waals surface area contributed by atoms with E-state index in [4.69, 9.17) is 11.6 Å². The second-order valence-electron chi connectivity index (χ2n) is 7.19. The van der Waals surface area contributed by atoms with E-state index in [1.54, 1.807) is 24.6 Å². The number of halogens is 5. The molecule has 0 bridgehead atoms. The van der Waals surface area contributed by atoms with E-state index in [1.165, 1.54) is 25.2 Å². The van der Waals surface area contributed by atoms with Gasteiger partial charge < -0.3 is 5.32 Å². The van der Waals surface area contributed by atoms with Gasteiger partial charge in [0.05, 0.1) is 28.5 Å². The summed E-state index contributed by atoms with van der Waals surface area (Å²) < 4.78 is 55.6. The fraction of sp³-hybridized carbons (Fsp3) is 0.250. The van der Waals surface area contributed by atoms with Crippen LogP contribution in [0.25, 0.3) is 10.2 Å². The lowest BCUT2D eigenvalue weighted by atomic mass is 10.2. The summed E-state index contributed by atoms with van der Waals surface area (Å²) in [5.41, 5.74) is 1.21. The smallest absolute Gasteiger partial charge is 0.318 e. The van der Waals surface area contributed by atoms with Gasteiger partial charge in [-0.3, -0.25) is 14.2 Å². The molecule has 3 heterocycles. The van der Waals surface area contributed by atoms with Crippen LogP contribution in [-0.2, 0) is 19.8 Å². The van der Waals surface area contributed by atoms with Crippen LogP contribution in [0, 0.1) is 19.7 Å². The zero-order chi connectivity index (χ0) is 23.4. The normalized spacial score (nSPS) is 12.0. The van der Waals surface area contributed by atoms with Crippen molar-refractivity contribution in [2.24, 2.45) is 7.05 Å². The van der Waals surface area contributed by atoms with Crippen LogP contribution in [0.5, 0.6) is 0 Å². The van der Waals surface area contributed by atoms with E-state index in [1.807, 2.05) is 0 Å². The van der Waals surface area contributed by atoms with Crippen LogP contribution in [0.3, 0.4) is 0 Å². The summed E-state index contributed by atoms with van der Waals surface area (Å²) in [6, 6.07) is 5.24. The zero-order valence-electron chi connectivity index (χ0n) is 17.0. The molecule has 3 aromatic heterocycles. The van der Waals surface area contributed by atoms with Crippen LogP contribution in [0.15, 0.2) is 24.3 Å². The number of carbonyl (C=O) groups excluding carboxylic acids is 1. The molecule has 0 aliphatic heterocycles. The molecule has 32 heavy (non-hydrogen) atoms. The molecule has 0 aliphatic rings. The molecular weight excluding hydrogens is 470 g/mol. The van der Waals surface area contributed by atoms with Crippen LogP contribution < -0.4 is 5.32 Å². The van der Waals surface area contributed by atoms with Gasteiger partial charge in [0.1, 0.15) is 10.6 Å². The zero-order valence-corrected chi connectivity index (χ0v) is 18.6. The third-order valence-corrected chi connectivity index (χ3v) is 6.51. The lowest BCUT2D eigenvalue weighted by Crippen LogP contribution is -2.12. The first-order chi connectivity index (χ1) is 15.0. The van der Waals surface area contributed by atoms with Gasteiger partial charge in [0.15, 0.2) is 5.69 Å². The monoisotopic (exact) mass is 485 g/mol. The molecule has 1 aromatic carbocycles. The Morgan fingerprint density at radius 2 is 1.94 bits per heavy atom. The molecule has 12 heteroatoms. The second kappa shape index (κ2) is 7.89. The number of nitrogens with zero attached hydrogens (tertiary/aromatic N) is 4. The average molecular weight is 486 g/mol. The molecule has 0 saturated carbocycles. The molecule has 0 saturated heterocycles. The summed E-state index contributed by atoms with van der Waals surface area (Å²) in [7, 11) is 1.40. The van der Waals surface area contributed by atoms with Crippen molar-refractivity contribution in [3.05, 3.63) is 62.6 Å². The van der Waals surface area contributed by atoms with Crippen LogP contribution in [0.4, 0.5) is 23.2 Å². The Morgan fingerprint density at radius 3 is 2.59 bits per heavy atom. The largest absolute Gasteiger partial charge is 0.435 e. The van der Waals surface area contributed by atoms with Crippen molar-refractivity contribution < 1.29 is 22.4 Å². The standard InChI is InChI=1S/C20H16ClF4N5OS/c1-9-16(10(2)30(27-9)8-11-4-5-12(22)6-14(11)21)26-18(31)15-7-13-17(20(23,24)25)28-29(3)19(13)32-15/h4-7H,8H2,1-3H3,(H,26,31). The molecular formula is C20H16ClF4N5OS. The fourth-order valence-electron chi connectivity index (χ4n) is 3.38. The predicted molar refractivity (Wildman–Crippen MR) is 114 cm³/mol. The average Bonchev–Trinajstić information content (AvgIpc) is 3.33. The van der Waals surface area contributed by atoms with Crippen molar-refractivity contribution in [1.82, 2.24) is 19.6 Å². The van der Waals surface area contributed by atoms with E-state index in [0.29, 0.717) is 22.6 Å². The maximum Gasteiger partial charge on any atom is 0.435 e. The van der Waals surface area contributed by atoms with E-state index in [2.05, 4.69) is 15.5 Å². The predicted octanol–water partition coefficient (Wildman–Crippen LogP) is 5.56. The number of nitrogens with one attached hydrogen (secondary N) is 1. The Hall–Kier alpha value is -2.92. The molecule has 6 nitrogen and oxygen atoms in total. The van der Waals surface area contributed by atoms with Crippen LogP contribution in [-0.4, -0.2) is 25.5 Å². The van der Waals surface area contributed by atoms with Crippen molar-refractivity contribution in [2.45, 2.75) is 26.6 Å². The van der Waals surface area contributed by atoms with Crippen LogP contribution >= 0.6 is 22.9 Å². The fourth-order valence-corrected chi connectivity index (χ4v) is 4.57. The molecule has 168 valence electrons. The topological polar surface area (TPSA) is 64.7 Å². The van der Waals surface area contributed by atoms with Gasteiger partial charge in [0.2, 0.25) is 0 Å². The molecule has 0 radical (unpaired) electrons. The van der Waals surface area contributed by atoms with Crippen LogP contribution in [0.1, 0.15) is 32.3 Å². The maximum absolute atomic E-state index is 13.3. The van der Waals surface area contributed by atoms with E-state index >= 15 is 0 Å². The minimum Gasteiger partial charge on any atom is -0.318 e. The van der Waals surface area contributed by atoms with Crippen molar-refractivity contribution in [3.8, 4) is 0 Å². The third kappa shape index (κ3) is 3.97. The van der Waals surface area contributed by atoms with E-state index < -0.39 is 23.6 Å². The van der Waals surface area contributed by atoms with Crippen molar-refractivity contribution in [2.75, 3.05) is 5.32 Å². The molecule has 0 fully saturated rings. The quantitative estimate of drug-likeness (QED) is 0.385. The molecule has 4 rings (SSSR count). The molecule has 1 N–H and O–H groups in total. The minimum absolute atomic E-state index is 0.117. The number of aromatic nitrogens is 4. The molecule has 0 aliphatic carbocycles. The summed E-state index contributed by atoms with van der Waals surface area (Å²) in [6.45, 7) is 3.69. The number of fused-ring (bicyclic) bond motifs is 1. The van der Waals surface area contributed by atoms with Gasteiger partial charge in [-0.2, -0.15) is 23.4 Å². The lowest BCUT2D eigenvalue weighted by Gasteiger charge is -2.08. The first kappa shape index (κ1) is 22.3. The molecule has 0 unspecified atom stereocenters. The van der Waals surface area contributed by atoms with Crippen LogP contribution in [0.2, 0.25) is 5.02 Å². The highest BCUT2D eigenvalue weighted by Gasteiger charge is 2.37. The first-order valence-corrected chi connectivity index (χ1v) is 10.5. The lowest BCUT2D eigenvalue weighted by molar-refractivity contribution is -0.140. The number of rotatable bonds is 4. The number of hydrogen-bond donors (Lipinski definition) is 1. The highest BCUT2D eigenvalue weighted by molar-refractivity contribution is 7.20. The second-order valence-corrected chi connectivity index (χ2v) is 8.63. The SMILES string of the molecule is Cc1nn(Cc2ccc(F)cc2Cl)c(C)c1NC(=O)c1cc2c(C(F)(F)F)nn(C)c2s1. The van der Waals surface area contributed by atoms with Gasteiger partial charge >= 0.3 is 6.18 Å². The van der Waals surface area contributed by atoms with E-state index in [-0.39, 0.29) is 26.7 Å². The minimum atomic E-state index is -4.62. The molecule has 0 spiro atoms. The number of thiophene rings is 1. The van der Waals surface area contributed by atoms with Crippen molar-refractivity contribution in [1.29, 1.82) is 0 Å². The van der Waals surface area contributed by atoms with E-state index in [9.17, 15) is 22.4 Å². The first-order valence-electron chi connectivity index (χ1n) is 9.28. The summed E-state index contributed by atoms with van der Waals surface area (Å²) >= 11 is 7.01. The number of anilines is 1. The Balaban J connectivity index is 1.61. The number of amides is 1. The molecule has 0 atom stereocenters. The molecule has 4 aromatic rings. The maximum atomic E-state index is 13.3. The van der Waals surface area contributed by atoms with Crippen molar-refractivity contribution in [3.63, 3.8) is 0 Å². The number of alkyl halides is 3. The Bertz CT molecular complexity index is 1350. The number of benzene rings is 1. The highest BCUT2D eigenvalue weighted by atomic mass is 35.5. The summed E-state index contributed by atoms with van der Waals surface area (Å²) in [4.78, 5) is 13.2. The summed E-state index contributed by atoms with van der Waals surface area (Å²) in [6.07, 6.45) is -4.62. The van der Waals surface area contributed by atoms with Gasteiger partial charge in [0, 0.05) is 17.5 Å². The van der Waals surface area contributed by atoms with Crippen molar-refractivity contribution >= 4 is 44.7 Å². The van der Waals surface area contributed by atoms with Gasteiger partial charge in [-0.25, -0.2) is 4.39 Å². The third-order valence-electron chi connectivity index (χ3n) is 4.96.